The van der Waals surface area contributed by atoms with Crippen molar-refractivity contribution >= 4 is 11.0 Å². The molecule has 2 N–H and O–H groups in total. The largest absolute Gasteiger partial charge is 0.338 e. The van der Waals surface area contributed by atoms with Gasteiger partial charge in [-0.25, -0.2) is 4.68 Å². The standard InChI is InChI=1S/C10H10N6O/c1-16-8-4-6(2-3-7(8)13-15-16)10-12-9(5-11)17-14-10/h2-4H,5,11H2,1H3. The van der Waals surface area contributed by atoms with Gasteiger partial charge in [-0.15, -0.1) is 5.10 Å². The van der Waals surface area contributed by atoms with E-state index in [-0.39, 0.29) is 6.54 Å². The van der Waals surface area contributed by atoms with Gasteiger partial charge in [-0.1, -0.05) is 10.4 Å². The second-order valence-corrected chi connectivity index (χ2v) is 3.63. The van der Waals surface area contributed by atoms with Crippen LogP contribution in [0.25, 0.3) is 22.4 Å². The van der Waals surface area contributed by atoms with Crippen molar-refractivity contribution in [2.45, 2.75) is 6.54 Å². The number of benzene rings is 1. The zero-order chi connectivity index (χ0) is 11.8. The summed E-state index contributed by atoms with van der Waals surface area (Å²) in [6.45, 7) is 0.239. The number of fused-ring (bicyclic) bond motifs is 1. The minimum absolute atomic E-state index is 0.239. The van der Waals surface area contributed by atoms with Gasteiger partial charge in [0.05, 0.1) is 12.1 Å². The summed E-state index contributed by atoms with van der Waals surface area (Å²) in [5.74, 6) is 0.941. The van der Waals surface area contributed by atoms with Crippen LogP contribution in [0.3, 0.4) is 0 Å². The molecule has 0 aliphatic carbocycles. The number of nitrogens with zero attached hydrogens (tertiary/aromatic N) is 5. The average Bonchev–Trinajstić information content (AvgIpc) is 2.96. The second-order valence-electron chi connectivity index (χ2n) is 3.63. The molecule has 2 heterocycles. The molecule has 0 saturated carbocycles. The topological polar surface area (TPSA) is 95.7 Å². The fraction of sp³-hybridized carbons (Fsp3) is 0.200. The van der Waals surface area contributed by atoms with E-state index in [0.29, 0.717) is 11.7 Å². The van der Waals surface area contributed by atoms with Gasteiger partial charge in [0, 0.05) is 12.6 Å². The van der Waals surface area contributed by atoms with Crippen LogP contribution in [-0.4, -0.2) is 25.1 Å². The zero-order valence-electron chi connectivity index (χ0n) is 9.16. The van der Waals surface area contributed by atoms with Crippen molar-refractivity contribution < 1.29 is 4.52 Å². The van der Waals surface area contributed by atoms with E-state index in [1.807, 2.05) is 25.2 Å². The second kappa shape index (κ2) is 3.63. The normalized spacial score (nSPS) is 11.2. The Morgan fingerprint density at radius 2 is 2.29 bits per heavy atom. The van der Waals surface area contributed by atoms with Crippen LogP contribution in [0.4, 0.5) is 0 Å². The monoisotopic (exact) mass is 230 g/mol. The van der Waals surface area contributed by atoms with Gasteiger partial charge in [-0.05, 0) is 18.2 Å². The van der Waals surface area contributed by atoms with E-state index in [2.05, 4.69) is 20.5 Å². The van der Waals surface area contributed by atoms with Crippen LogP contribution in [-0.2, 0) is 13.6 Å². The molecule has 0 radical (unpaired) electrons. The minimum atomic E-state index is 0.239. The van der Waals surface area contributed by atoms with Gasteiger partial charge in [-0.2, -0.15) is 4.98 Å². The third kappa shape index (κ3) is 1.56. The Morgan fingerprint density at radius 3 is 3.06 bits per heavy atom. The summed E-state index contributed by atoms with van der Waals surface area (Å²) in [7, 11) is 1.83. The van der Waals surface area contributed by atoms with E-state index >= 15 is 0 Å². The number of rotatable bonds is 2. The highest BCUT2D eigenvalue weighted by Gasteiger charge is 2.09. The van der Waals surface area contributed by atoms with Crippen molar-refractivity contribution in [3.8, 4) is 11.4 Å². The van der Waals surface area contributed by atoms with E-state index in [0.717, 1.165) is 16.6 Å². The van der Waals surface area contributed by atoms with Crippen molar-refractivity contribution in [2.75, 3.05) is 0 Å². The first-order valence-electron chi connectivity index (χ1n) is 5.10. The smallest absolute Gasteiger partial charge is 0.240 e. The maximum Gasteiger partial charge on any atom is 0.240 e. The summed E-state index contributed by atoms with van der Waals surface area (Å²) in [4.78, 5) is 4.17. The summed E-state index contributed by atoms with van der Waals surface area (Å²) in [5, 5.41) is 11.8. The van der Waals surface area contributed by atoms with Gasteiger partial charge in [0.25, 0.3) is 0 Å². The van der Waals surface area contributed by atoms with Gasteiger partial charge in [0.2, 0.25) is 11.7 Å². The van der Waals surface area contributed by atoms with Crippen LogP contribution in [0.5, 0.6) is 0 Å². The zero-order valence-corrected chi connectivity index (χ0v) is 9.16. The predicted octanol–water partition coefficient (Wildman–Crippen LogP) is 0.477. The molecule has 3 rings (SSSR count). The Balaban J connectivity index is 2.13. The molecule has 86 valence electrons. The van der Waals surface area contributed by atoms with Crippen molar-refractivity contribution in [1.29, 1.82) is 0 Å². The molecular weight excluding hydrogens is 220 g/mol. The summed E-state index contributed by atoms with van der Waals surface area (Å²) in [6, 6.07) is 5.67. The molecule has 17 heavy (non-hydrogen) atoms. The molecule has 0 aliphatic rings. The van der Waals surface area contributed by atoms with Crippen LogP contribution < -0.4 is 5.73 Å². The molecule has 0 saturated heterocycles. The van der Waals surface area contributed by atoms with Crippen molar-refractivity contribution in [2.24, 2.45) is 12.8 Å². The van der Waals surface area contributed by atoms with Gasteiger partial charge >= 0.3 is 0 Å². The van der Waals surface area contributed by atoms with Gasteiger partial charge in [-0.3, -0.25) is 0 Å². The first-order valence-corrected chi connectivity index (χ1v) is 5.10. The van der Waals surface area contributed by atoms with Crippen LogP contribution in [0.1, 0.15) is 5.89 Å². The van der Waals surface area contributed by atoms with E-state index in [1.165, 1.54) is 0 Å². The fourth-order valence-corrected chi connectivity index (χ4v) is 1.62. The number of aryl methyl sites for hydroxylation is 1. The third-order valence-electron chi connectivity index (χ3n) is 2.51. The fourth-order valence-electron chi connectivity index (χ4n) is 1.62. The van der Waals surface area contributed by atoms with E-state index in [4.69, 9.17) is 10.3 Å². The lowest BCUT2D eigenvalue weighted by atomic mass is 10.2. The molecule has 0 atom stereocenters. The predicted molar refractivity (Wildman–Crippen MR) is 59.7 cm³/mol. The van der Waals surface area contributed by atoms with Crippen LogP contribution in [0.15, 0.2) is 22.7 Å². The highest BCUT2D eigenvalue weighted by atomic mass is 16.5. The van der Waals surface area contributed by atoms with Gasteiger partial charge in [0.15, 0.2) is 0 Å². The van der Waals surface area contributed by atoms with Crippen molar-refractivity contribution in [1.82, 2.24) is 25.1 Å². The van der Waals surface area contributed by atoms with Crippen LogP contribution >= 0.6 is 0 Å². The minimum Gasteiger partial charge on any atom is -0.338 e. The number of aromatic nitrogens is 5. The van der Waals surface area contributed by atoms with Gasteiger partial charge in [0.1, 0.15) is 5.52 Å². The first kappa shape index (κ1) is 9.91. The van der Waals surface area contributed by atoms with Crippen LogP contribution in [0, 0.1) is 0 Å². The molecule has 1 aromatic carbocycles. The first-order chi connectivity index (χ1) is 8.28. The lowest BCUT2D eigenvalue weighted by molar-refractivity contribution is 0.380. The molecule has 0 fully saturated rings. The molecule has 0 spiro atoms. The molecule has 0 unspecified atom stereocenters. The lowest BCUT2D eigenvalue weighted by Gasteiger charge is -1.95. The Hall–Kier alpha value is -2.28. The summed E-state index contributed by atoms with van der Waals surface area (Å²) >= 11 is 0. The summed E-state index contributed by atoms with van der Waals surface area (Å²) in [6.07, 6.45) is 0. The maximum absolute atomic E-state index is 5.42. The Bertz CT molecular complexity index is 670. The van der Waals surface area contributed by atoms with E-state index < -0.39 is 0 Å². The number of nitrogens with two attached hydrogens (primary N) is 1. The maximum atomic E-state index is 5.42. The highest BCUT2D eigenvalue weighted by molar-refractivity contribution is 5.79. The summed E-state index contributed by atoms with van der Waals surface area (Å²) in [5.41, 5.74) is 8.02. The lowest BCUT2D eigenvalue weighted by Crippen LogP contribution is -1.95. The molecule has 0 bridgehead atoms. The molecule has 0 aliphatic heterocycles. The SMILES string of the molecule is Cn1nnc2ccc(-c3noc(CN)n3)cc21. The Kier molecular flexibility index (Phi) is 2.12. The van der Waals surface area contributed by atoms with Gasteiger partial charge < -0.3 is 10.3 Å². The van der Waals surface area contributed by atoms with E-state index in [9.17, 15) is 0 Å². The van der Waals surface area contributed by atoms with Crippen molar-refractivity contribution in [3.05, 3.63) is 24.1 Å². The molecule has 7 nitrogen and oxygen atoms in total. The van der Waals surface area contributed by atoms with Crippen LogP contribution in [0.2, 0.25) is 0 Å². The third-order valence-corrected chi connectivity index (χ3v) is 2.51. The molecule has 7 heteroatoms. The number of hydrogen-bond acceptors (Lipinski definition) is 6. The summed E-state index contributed by atoms with van der Waals surface area (Å²) < 4.78 is 6.67. The average molecular weight is 230 g/mol. The molecular formula is C10H10N6O. The molecule has 0 amide bonds. The molecule has 2 aromatic heterocycles. The Labute approximate surface area is 96.2 Å². The van der Waals surface area contributed by atoms with E-state index in [1.54, 1.807) is 4.68 Å². The Morgan fingerprint density at radius 1 is 1.41 bits per heavy atom. The quantitative estimate of drug-likeness (QED) is 0.687. The molecule has 3 aromatic rings. The number of hydrogen-bond donors (Lipinski definition) is 1. The highest BCUT2D eigenvalue weighted by Crippen LogP contribution is 2.20. The van der Waals surface area contributed by atoms with Crippen molar-refractivity contribution in [3.63, 3.8) is 0 Å².